The molecule has 1 aromatic heterocycles. The van der Waals surface area contributed by atoms with Crippen LogP contribution >= 0.6 is 0 Å². The number of amides is 1. The molecule has 2 aromatic rings. The lowest BCUT2D eigenvalue weighted by Crippen LogP contribution is -2.33. The predicted molar refractivity (Wildman–Crippen MR) is 98.9 cm³/mol. The van der Waals surface area contributed by atoms with E-state index in [1.807, 2.05) is 0 Å². The fourth-order valence-corrected chi connectivity index (χ4v) is 3.55. The normalized spacial score (nSPS) is 18.7. The van der Waals surface area contributed by atoms with Crippen LogP contribution in [0.15, 0.2) is 28.8 Å². The maximum atomic E-state index is 12.4. The van der Waals surface area contributed by atoms with Crippen LogP contribution in [0.1, 0.15) is 49.4 Å². The van der Waals surface area contributed by atoms with E-state index in [4.69, 9.17) is 4.52 Å². The SMILES string of the molecule is CC1(C)CCCC1CNC(=O)c1ccc(-c2noc(COCC(F)(F)F)n2)cc1. The molecule has 1 fully saturated rings. The van der Waals surface area contributed by atoms with Gasteiger partial charge in [-0.2, -0.15) is 18.2 Å². The molecule has 3 rings (SSSR count). The minimum atomic E-state index is -4.41. The number of hydrogen-bond donors (Lipinski definition) is 1. The molecule has 1 unspecified atom stereocenters. The predicted octanol–water partition coefficient (Wildman–Crippen LogP) is 4.37. The summed E-state index contributed by atoms with van der Waals surface area (Å²) in [6.45, 7) is 3.31. The monoisotopic (exact) mass is 411 g/mol. The van der Waals surface area contributed by atoms with Gasteiger partial charge in [0.2, 0.25) is 5.82 Å². The Bertz CT molecular complexity index is 831. The largest absolute Gasteiger partial charge is 0.411 e. The number of halogens is 3. The van der Waals surface area contributed by atoms with Gasteiger partial charge in [0.1, 0.15) is 13.2 Å². The summed E-state index contributed by atoms with van der Waals surface area (Å²) in [4.78, 5) is 16.4. The minimum absolute atomic E-state index is 0.0507. The molecule has 6 nitrogen and oxygen atoms in total. The van der Waals surface area contributed by atoms with E-state index >= 15 is 0 Å². The Morgan fingerprint density at radius 1 is 1.31 bits per heavy atom. The molecule has 29 heavy (non-hydrogen) atoms. The third-order valence-electron chi connectivity index (χ3n) is 5.35. The van der Waals surface area contributed by atoms with E-state index in [0.717, 1.165) is 6.42 Å². The first-order chi connectivity index (χ1) is 13.6. The Kier molecular flexibility index (Phi) is 6.26. The number of rotatable bonds is 7. The number of ether oxygens (including phenoxy) is 1. The Labute approximate surface area is 166 Å². The summed E-state index contributed by atoms with van der Waals surface area (Å²) >= 11 is 0. The van der Waals surface area contributed by atoms with Gasteiger partial charge in [0.15, 0.2) is 0 Å². The van der Waals surface area contributed by atoms with Crippen molar-refractivity contribution in [2.24, 2.45) is 11.3 Å². The van der Waals surface area contributed by atoms with Crippen LogP contribution < -0.4 is 5.32 Å². The first kappa shape index (κ1) is 21.3. The third kappa shape index (κ3) is 5.79. The number of alkyl halides is 3. The van der Waals surface area contributed by atoms with E-state index in [1.165, 1.54) is 12.8 Å². The summed E-state index contributed by atoms with van der Waals surface area (Å²) in [6, 6.07) is 6.64. The van der Waals surface area contributed by atoms with Crippen LogP contribution in [0.4, 0.5) is 13.2 Å². The summed E-state index contributed by atoms with van der Waals surface area (Å²) in [5.41, 5.74) is 1.35. The Hall–Kier alpha value is -2.42. The molecule has 1 N–H and O–H groups in total. The lowest BCUT2D eigenvalue weighted by Gasteiger charge is -2.27. The van der Waals surface area contributed by atoms with Crippen molar-refractivity contribution in [3.63, 3.8) is 0 Å². The highest BCUT2D eigenvalue weighted by Gasteiger charge is 2.34. The summed E-state index contributed by atoms with van der Waals surface area (Å²) in [6.07, 6.45) is -0.918. The summed E-state index contributed by atoms with van der Waals surface area (Å²) in [5, 5.41) is 6.73. The zero-order valence-electron chi connectivity index (χ0n) is 16.4. The molecule has 9 heteroatoms. The lowest BCUT2D eigenvalue weighted by atomic mass is 9.82. The molecule has 1 saturated carbocycles. The van der Waals surface area contributed by atoms with Gasteiger partial charge in [0.05, 0.1) is 0 Å². The summed E-state index contributed by atoms with van der Waals surface area (Å²) < 4.78 is 45.7. The van der Waals surface area contributed by atoms with Crippen molar-refractivity contribution in [1.82, 2.24) is 15.5 Å². The summed E-state index contributed by atoms with van der Waals surface area (Å²) in [7, 11) is 0. The molecule has 1 aliphatic rings. The average Bonchev–Trinajstić information content (AvgIpc) is 3.25. The molecule has 0 spiro atoms. The molecular weight excluding hydrogens is 387 g/mol. The molecular formula is C20H24F3N3O3. The zero-order chi connectivity index (χ0) is 21.1. The number of nitrogens with one attached hydrogen (secondary N) is 1. The van der Waals surface area contributed by atoms with Gasteiger partial charge in [-0.3, -0.25) is 4.79 Å². The molecule has 0 bridgehead atoms. The Morgan fingerprint density at radius 3 is 2.66 bits per heavy atom. The van der Waals surface area contributed by atoms with E-state index < -0.39 is 19.4 Å². The van der Waals surface area contributed by atoms with Crippen molar-refractivity contribution in [2.75, 3.05) is 13.2 Å². The maximum absolute atomic E-state index is 12.4. The number of benzene rings is 1. The smallest absolute Gasteiger partial charge is 0.362 e. The quantitative estimate of drug-likeness (QED) is 0.732. The summed E-state index contributed by atoms with van der Waals surface area (Å²) in [5.74, 6) is 0.497. The van der Waals surface area contributed by atoms with Gasteiger partial charge in [0, 0.05) is 17.7 Å². The van der Waals surface area contributed by atoms with Crippen molar-refractivity contribution in [3.8, 4) is 11.4 Å². The van der Waals surface area contributed by atoms with E-state index in [9.17, 15) is 18.0 Å². The number of hydrogen-bond acceptors (Lipinski definition) is 5. The fraction of sp³-hybridized carbons (Fsp3) is 0.550. The van der Waals surface area contributed by atoms with Crippen LogP contribution in [0, 0.1) is 11.3 Å². The second kappa shape index (κ2) is 8.52. The number of carbonyl (C=O) groups excluding carboxylic acids is 1. The highest BCUT2D eigenvalue weighted by atomic mass is 19.4. The van der Waals surface area contributed by atoms with E-state index in [2.05, 4.69) is 34.0 Å². The van der Waals surface area contributed by atoms with E-state index in [0.29, 0.717) is 23.6 Å². The Balaban J connectivity index is 1.54. The molecule has 0 radical (unpaired) electrons. The number of nitrogens with zero attached hydrogens (tertiary/aromatic N) is 2. The van der Waals surface area contributed by atoms with Gasteiger partial charge >= 0.3 is 6.18 Å². The first-order valence-electron chi connectivity index (χ1n) is 9.50. The molecule has 0 aliphatic heterocycles. The van der Waals surface area contributed by atoms with Crippen LogP contribution in [0.25, 0.3) is 11.4 Å². The van der Waals surface area contributed by atoms with Gasteiger partial charge in [-0.05, 0) is 36.3 Å². The topological polar surface area (TPSA) is 77.2 Å². The first-order valence-corrected chi connectivity index (χ1v) is 9.50. The van der Waals surface area contributed by atoms with Gasteiger partial charge in [-0.1, -0.05) is 37.6 Å². The average molecular weight is 411 g/mol. The van der Waals surface area contributed by atoms with Crippen LogP contribution in [-0.4, -0.2) is 35.4 Å². The molecule has 1 heterocycles. The van der Waals surface area contributed by atoms with Crippen molar-refractivity contribution in [1.29, 1.82) is 0 Å². The molecule has 1 atom stereocenters. The second-order valence-corrected chi connectivity index (χ2v) is 7.98. The van der Waals surface area contributed by atoms with Crippen molar-refractivity contribution < 1.29 is 27.2 Å². The highest BCUT2D eigenvalue weighted by Crippen LogP contribution is 2.42. The van der Waals surface area contributed by atoms with E-state index in [1.54, 1.807) is 24.3 Å². The molecule has 1 aromatic carbocycles. The number of carbonyl (C=O) groups is 1. The van der Waals surface area contributed by atoms with Crippen molar-refractivity contribution >= 4 is 5.91 Å². The Morgan fingerprint density at radius 2 is 2.03 bits per heavy atom. The van der Waals surface area contributed by atoms with Crippen LogP contribution in [0.5, 0.6) is 0 Å². The molecule has 0 saturated heterocycles. The number of aromatic nitrogens is 2. The van der Waals surface area contributed by atoms with E-state index in [-0.39, 0.29) is 23.0 Å². The second-order valence-electron chi connectivity index (χ2n) is 7.98. The maximum Gasteiger partial charge on any atom is 0.411 e. The molecule has 158 valence electrons. The highest BCUT2D eigenvalue weighted by molar-refractivity contribution is 5.94. The molecule has 1 amide bonds. The third-order valence-corrected chi connectivity index (χ3v) is 5.35. The standard InChI is InChI=1S/C20H24F3N3O3/c1-19(2)9-3-4-15(19)10-24-18(27)14-7-5-13(6-8-14)17-25-16(29-26-17)11-28-12-20(21,22)23/h5-8,15H,3-4,9-12H2,1-2H3,(H,24,27). The lowest BCUT2D eigenvalue weighted by molar-refractivity contribution is -0.178. The van der Waals surface area contributed by atoms with Gasteiger partial charge in [-0.25, -0.2) is 0 Å². The van der Waals surface area contributed by atoms with Gasteiger partial charge in [0.25, 0.3) is 11.8 Å². The van der Waals surface area contributed by atoms with Crippen LogP contribution in [-0.2, 0) is 11.3 Å². The zero-order valence-corrected chi connectivity index (χ0v) is 16.4. The van der Waals surface area contributed by atoms with Crippen LogP contribution in [0.3, 0.4) is 0 Å². The minimum Gasteiger partial charge on any atom is -0.362 e. The van der Waals surface area contributed by atoms with Crippen molar-refractivity contribution in [3.05, 3.63) is 35.7 Å². The molecule has 1 aliphatic carbocycles. The van der Waals surface area contributed by atoms with Gasteiger partial charge < -0.3 is 14.6 Å². The fourth-order valence-electron chi connectivity index (χ4n) is 3.55. The van der Waals surface area contributed by atoms with Gasteiger partial charge in [-0.15, -0.1) is 0 Å². The van der Waals surface area contributed by atoms with Crippen LogP contribution in [0.2, 0.25) is 0 Å². The van der Waals surface area contributed by atoms with Crippen molar-refractivity contribution in [2.45, 2.75) is 45.9 Å².